The molecule has 0 aliphatic rings. The lowest BCUT2D eigenvalue weighted by Gasteiger charge is -2.12. The summed E-state index contributed by atoms with van der Waals surface area (Å²) in [6.45, 7) is 7.12. The Morgan fingerprint density at radius 1 is 1.31 bits per heavy atom. The molecule has 26 heavy (non-hydrogen) atoms. The molecule has 2 amide bonds. The Kier molecular flexibility index (Phi) is 4.78. The van der Waals surface area contributed by atoms with Crippen LogP contribution in [0.3, 0.4) is 0 Å². The number of amides is 2. The van der Waals surface area contributed by atoms with Gasteiger partial charge in [-0.3, -0.25) is 4.98 Å². The number of fused-ring (bicyclic) bond motifs is 1. The predicted octanol–water partition coefficient (Wildman–Crippen LogP) is 4.69. The molecule has 0 radical (unpaired) electrons. The normalized spacial score (nSPS) is 10.2. The van der Waals surface area contributed by atoms with Gasteiger partial charge in [0.25, 0.3) is 0 Å². The first-order valence-electron chi connectivity index (χ1n) is 7.47. The number of anilines is 1. The summed E-state index contributed by atoms with van der Waals surface area (Å²) in [6.07, 6.45) is 1.54. The zero-order valence-electron chi connectivity index (χ0n) is 13.6. The first-order chi connectivity index (χ1) is 12.5. The molecule has 0 saturated carbocycles. The van der Waals surface area contributed by atoms with Gasteiger partial charge in [0.1, 0.15) is 17.2 Å². The Morgan fingerprint density at radius 3 is 2.81 bits per heavy atom. The van der Waals surface area contributed by atoms with E-state index in [0.29, 0.717) is 33.1 Å². The van der Waals surface area contributed by atoms with Gasteiger partial charge < -0.3 is 20.5 Å². The number of carbonyl (C=O) groups is 1. The number of ether oxygens (including phenoxy) is 1. The first-order valence-corrected chi connectivity index (χ1v) is 7.85. The van der Waals surface area contributed by atoms with E-state index in [9.17, 15) is 9.90 Å². The highest BCUT2D eigenvalue weighted by Crippen LogP contribution is 2.37. The number of benzene rings is 2. The van der Waals surface area contributed by atoms with Gasteiger partial charge >= 0.3 is 6.03 Å². The molecule has 2 aromatic carbocycles. The molecule has 0 aliphatic heterocycles. The van der Waals surface area contributed by atoms with Crippen molar-refractivity contribution in [3.63, 3.8) is 0 Å². The molecule has 7 nitrogen and oxygen atoms in total. The van der Waals surface area contributed by atoms with Crippen LogP contribution < -0.4 is 15.4 Å². The SMILES string of the molecule is [C-]#[N+]c1cc2c(Oc3ccc(NC(=O)NC)c(Cl)c3)ccnc2cc1O. The van der Waals surface area contributed by atoms with E-state index < -0.39 is 0 Å². The van der Waals surface area contributed by atoms with Crippen LogP contribution in [0.5, 0.6) is 17.2 Å². The lowest BCUT2D eigenvalue weighted by atomic mass is 10.1. The number of pyridine rings is 1. The Bertz CT molecular complexity index is 1050. The van der Waals surface area contributed by atoms with Crippen LogP contribution in [0.15, 0.2) is 42.6 Å². The third-order valence-electron chi connectivity index (χ3n) is 3.56. The maximum absolute atomic E-state index is 11.4. The Morgan fingerprint density at radius 2 is 2.12 bits per heavy atom. The molecular formula is C18H13ClN4O3. The number of aromatic hydroxyl groups is 1. The monoisotopic (exact) mass is 368 g/mol. The molecule has 130 valence electrons. The topological polar surface area (TPSA) is 87.8 Å². The highest BCUT2D eigenvalue weighted by atomic mass is 35.5. The molecule has 0 saturated heterocycles. The Balaban J connectivity index is 1.95. The van der Waals surface area contributed by atoms with Gasteiger partial charge in [0, 0.05) is 24.7 Å². The number of urea groups is 1. The summed E-state index contributed by atoms with van der Waals surface area (Å²) >= 11 is 6.18. The van der Waals surface area contributed by atoms with Crippen molar-refractivity contribution >= 4 is 39.9 Å². The molecule has 3 N–H and O–H groups in total. The van der Waals surface area contributed by atoms with Gasteiger partial charge in [-0.25, -0.2) is 9.64 Å². The maximum Gasteiger partial charge on any atom is 0.319 e. The van der Waals surface area contributed by atoms with Crippen LogP contribution in [0, 0.1) is 6.57 Å². The number of nitrogens with one attached hydrogen (secondary N) is 2. The zero-order chi connectivity index (χ0) is 18.7. The van der Waals surface area contributed by atoms with E-state index in [-0.39, 0.29) is 17.5 Å². The molecule has 0 unspecified atom stereocenters. The van der Waals surface area contributed by atoms with E-state index in [1.165, 1.54) is 25.4 Å². The smallest absolute Gasteiger partial charge is 0.319 e. The Labute approximate surface area is 154 Å². The Hall–Kier alpha value is -3.50. The highest BCUT2D eigenvalue weighted by molar-refractivity contribution is 6.33. The minimum Gasteiger partial charge on any atom is -0.519 e. The van der Waals surface area contributed by atoms with Crippen molar-refractivity contribution in [1.82, 2.24) is 10.3 Å². The number of hydrogen-bond donors (Lipinski definition) is 3. The van der Waals surface area contributed by atoms with Crippen LogP contribution in [0.25, 0.3) is 15.7 Å². The summed E-state index contributed by atoms with van der Waals surface area (Å²) < 4.78 is 5.86. The number of halogens is 1. The summed E-state index contributed by atoms with van der Waals surface area (Å²) in [5, 5.41) is 15.7. The molecule has 0 atom stereocenters. The van der Waals surface area contributed by atoms with E-state index in [1.807, 2.05) is 0 Å². The minimum atomic E-state index is -0.382. The fourth-order valence-corrected chi connectivity index (χ4v) is 2.51. The fourth-order valence-electron chi connectivity index (χ4n) is 2.30. The molecule has 3 aromatic rings. The largest absolute Gasteiger partial charge is 0.519 e. The third kappa shape index (κ3) is 3.45. The van der Waals surface area contributed by atoms with Crippen LogP contribution in [0.4, 0.5) is 16.2 Å². The van der Waals surface area contributed by atoms with Gasteiger partial charge in [-0.15, -0.1) is 0 Å². The average Bonchev–Trinajstić information content (AvgIpc) is 2.63. The molecule has 0 spiro atoms. The summed E-state index contributed by atoms with van der Waals surface area (Å²) in [5.74, 6) is 0.773. The van der Waals surface area contributed by atoms with Crippen molar-refractivity contribution < 1.29 is 14.6 Å². The second-order valence-corrected chi connectivity index (χ2v) is 5.63. The number of carbonyl (C=O) groups excluding carboxylic acids is 1. The quantitative estimate of drug-likeness (QED) is 0.585. The van der Waals surface area contributed by atoms with Crippen LogP contribution in [0.2, 0.25) is 5.02 Å². The summed E-state index contributed by atoms with van der Waals surface area (Å²) in [4.78, 5) is 18.8. The molecule has 3 rings (SSSR count). The predicted molar refractivity (Wildman–Crippen MR) is 99.3 cm³/mol. The van der Waals surface area contributed by atoms with Crippen LogP contribution in [-0.2, 0) is 0 Å². The van der Waals surface area contributed by atoms with Crippen molar-refractivity contribution in [2.24, 2.45) is 0 Å². The highest BCUT2D eigenvalue weighted by Gasteiger charge is 2.11. The number of nitrogens with zero attached hydrogens (tertiary/aromatic N) is 2. The number of hydrogen-bond acceptors (Lipinski definition) is 4. The second-order valence-electron chi connectivity index (χ2n) is 5.23. The molecule has 8 heteroatoms. The molecule has 0 bridgehead atoms. The average molecular weight is 369 g/mol. The zero-order valence-corrected chi connectivity index (χ0v) is 14.3. The first kappa shape index (κ1) is 17.3. The molecular weight excluding hydrogens is 356 g/mol. The molecule has 0 aliphatic carbocycles. The summed E-state index contributed by atoms with van der Waals surface area (Å²) in [6, 6.07) is 9.04. The van der Waals surface area contributed by atoms with E-state index in [4.69, 9.17) is 22.9 Å². The van der Waals surface area contributed by atoms with Crippen LogP contribution >= 0.6 is 11.6 Å². The van der Waals surface area contributed by atoms with Gasteiger partial charge in [-0.2, -0.15) is 0 Å². The number of phenolic OH excluding ortho intramolecular Hbond substituents is 1. The number of rotatable bonds is 3. The van der Waals surface area contributed by atoms with Crippen molar-refractivity contribution in [1.29, 1.82) is 0 Å². The van der Waals surface area contributed by atoms with E-state index in [1.54, 1.807) is 24.3 Å². The van der Waals surface area contributed by atoms with Gasteiger partial charge in [0.15, 0.2) is 0 Å². The van der Waals surface area contributed by atoms with Crippen molar-refractivity contribution in [2.45, 2.75) is 0 Å². The molecule has 1 heterocycles. The van der Waals surface area contributed by atoms with E-state index in [0.717, 1.165) is 0 Å². The minimum absolute atomic E-state index is 0.110. The lowest BCUT2D eigenvalue weighted by Crippen LogP contribution is -2.24. The van der Waals surface area contributed by atoms with Crippen molar-refractivity contribution in [3.8, 4) is 17.2 Å². The number of phenols is 1. The summed E-state index contributed by atoms with van der Waals surface area (Å²) in [7, 11) is 1.50. The van der Waals surface area contributed by atoms with Crippen molar-refractivity contribution in [3.05, 3.63) is 59.0 Å². The van der Waals surface area contributed by atoms with Crippen LogP contribution in [-0.4, -0.2) is 23.2 Å². The van der Waals surface area contributed by atoms with Gasteiger partial charge in [0.05, 0.1) is 22.8 Å². The molecule has 1 aromatic heterocycles. The summed E-state index contributed by atoms with van der Waals surface area (Å²) in [5.41, 5.74) is 1.05. The standard InChI is InChI=1S/C18H13ClN4O3/c1-20-15-8-11-14(9-16(15)24)22-6-5-17(11)26-10-3-4-13(12(19)7-10)23-18(25)21-2/h3-9,24H,2H3,(H2,21,23,25). The third-order valence-corrected chi connectivity index (χ3v) is 3.87. The van der Waals surface area contributed by atoms with E-state index in [2.05, 4.69) is 20.5 Å². The molecule has 0 fully saturated rings. The van der Waals surface area contributed by atoms with Gasteiger partial charge in [-0.1, -0.05) is 11.6 Å². The lowest BCUT2D eigenvalue weighted by molar-refractivity contribution is 0.254. The number of aromatic nitrogens is 1. The van der Waals surface area contributed by atoms with Gasteiger partial charge in [0.2, 0.25) is 5.69 Å². The van der Waals surface area contributed by atoms with E-state index >= 15 is 0 Å². The second kappa shape index (κ2) is 7.17. The van der Waals surface area contributed by atoms with Crippen molar-refractivity contribution in [2.75, 3.05) is 12.4 Å². The van der Waals surface area contributed by atoms with Crippen LogP contribution in [0.1, 0.15) is 0 Å². The van der Waals surface area contributed by atoms with Gasteiger partial charge in [-0.05, 0) is 30.3 Å². The maximum atomic E-state index is 11.4. The fraction of sp³-hybridized carbons (Fsp3) is 0.0556.